The summed E-state index contributed by atoms with van der Waals surface area (Å²) >= 11 is 4.68. The maximum atomic E-state index is 12.4. The summed E-state index contributed by atoms with van der Waals surface area (Å²) < 4.78 is 0.752. The van der Waals surface area contributed by atoms with Crippen molar-refractivity contribution in [2.75, 3.05) is 6.54 Å². The maximum absolute atomic E-state index is 12.4. The number of carboxylic acid groups (broad SMARTS) is 1. The summed E-state index contributed by atoms with van der Waals surface area (Å²) in [5, 5.41) is 10.6. The molecule has 0 atom stereocenters. The summed E-state index contributed by atoms with van der Waals surface area (Å²) in [6, 6.07) is 1.82. The van der Waals surface area contributed by atoms with Crippen molar-refractivity contribution in [3.63, 3.8) is 0 Å². The van der Waals surface area contributed by atoms with Gasteiger partial charge in [-0.15, -0.1) is 11.3 Å². The number of hydrogen-bond acceptors (Lipinski definition) is 3. The van der Waals surface area contributed by atoms with Gasteiger partial charge in [0.25, 0.3) is 5.91 Å². The van der Waals surface area contributed by atoms with Crippen molar-refractivity contribution in [1.29, 1.82) is 0 Å². The number of nitrogens with zero attached hydrogens (tertiary/aromatic N) is 1. The second kappa shape index (κ2) is 5.84. The molecule has 0 radical (unpaired) electrons. The van der Waals surface area contributed by atoms with Crippen molar-refractivity contribution >= 4 is 39.1 Å². The van der Waals surface area contributed by atoms with Gasteiger partial charge in [0.1, 0.15) is 4.88 Å². The number of rotatable bonds is 4. The molecule has 1 aromatic rings. The van der Waals surface area contributed by atoms with Crippen molar-refractivity contribution in [3.05, 3.63) is 20.8 Å². The molecule has 18 heavy (non-hydrogen) atoms. The second-order valence-corrected chi connectivity index (χ2v) is 6.64. The fourth-order valence-corrected chi connectivity index (χ4v) is 3.01. The molecule has 0 aliphatic heterocycles. The smallest absolute Gasteiger partial charge is 0.305 e. The summed E-state index contributed by atoms with van der Waals surface area (Å²) in [6.45, 7) is 5.90. The number of halogens is 1. The highest BCUT2D eigenvalue weighted by atomic mass is 79.9. The number of carboxylic acids is 1. The maximum Gasteiger partial charge on any atom is 0.305 e. The zero-order valence-corrected chi connectivity index (χ0v) is 13.0. The van der Waals surface area contributed by atoms with E-state index < -0.39 is 11.5 Å². The molecular weight excluding hydrogens is 318 g/mol. The lowest BCUT2D eigenvalue weighted by atomic mass is 10.1. The Morgan fingerprint density at radius 3 is 2.44 bits per heavy atom. The second-order valence-electron chi connectivity index (χ2n) is 4.87. The minimum absolute atomic E-state index is 0.0496. The van der Waals surface area contributed by atoms with Gasteiger partial charge >= 0.3 is 5.97 Å². The SMILES string of the molecule is CC(C)(C)N(CCC(=O)O)C(=O)c1sccc1Br. The molecule has 0 unspecified atom stereocenters. The van der Waals surface area contributed by atoms with Crippen LogP contribution in [0.5, 0.6) is 0 Å². The van der Waals surface area contributed by atoms with E-state index in [-0.39, 0.29) is 18.9 Å². The fourth-order valence-electron chi connectivity index (χ4n) is 1.52. The van der Waals surface area contributed by atoms with E-state index in [2.05, 4.69) is 15.9 Å². The molecule has 0 saturated carbocycles. The van der Waals surface area contributed by atoms with Crippen molar-refractivity contribution in [2.45, 2.75) is 32.7 Å². The third-order valence-electron chi connectivity index (χ3n) is 2.42. The molecule has 1 N–H and O–H groups in total. The molecule has 6 heteroatoms. The Balaban J connectivity index is 2.94. The Morgan fingerprint density at radius 1 is 1.44 bits per heavy atom. The van der Waals surface area contributed by atoms with Gasteiger partial charge in [0.2, 0.25) is 0 Å². The van der Waals surface area contributed by atoms with Gasteiger partial charge < -0.3 is 10.0 Å². The third kappa shape index (κ3) is 3.81. The highest BCUT2D eigenvalue weighted by Gasteiger charge is 2.29. The Kier molecular flexibility index (Phi) is 4.92. The Bertz CT molecular complexity index is 450. The minimum atomic E-state index is -0.901. The molecule has 4 nitrogen and oxygen atoms in total. The molecule has 0 saturated heterocycles. The molecule has 1 rings (SSSR count). The van der Waals surface area contributed by atoms with Crippen LogP contribution in [0.2, 0.25) is 0 Å². The topological polar surface area (TPSA) is 57.6 Å². The molecule has 0 aliphatic carbocycles. The third-order valence-corrected chi connectivity index (χ3v) is 4.24. The van der Waals surface area contributed by atoms with Gasteiger partial charge in [0, 0.05) is 16.6 Å². The van der Waals surface area contributed by atoms with E-state index >= 15 is 0 Å². The van der Waals surface area contributed by atoms with Gasteiger partial charge in [-0.3, -0.25) is 9.59 Å². The first kappa shape index (κ1) is 15.2. The van der Waals surface area contributed by atoms with Gasteiger partial charge in [-0.25, -0.2) is 0 Å². The average molecular weight is 334 g/mol. The van der Waals surface area contributed by atoms with Crippen LogP contribution in [0.15, 0.2) is 15.9 Å². The monoisotopic (exact) mass is 333 g/mol. The zero-order chi connectivity index (χ0) is 13.9. The number of hydrogen-bond donors (Lipinski definition) is 1. The lowest BCUT2D eigenvalue weighted by Gasteiger charge is -2.35. The van der Waals surface area contributed by atoms with Crippen molar-refractivity contribution in [3.8, 4) is 0 Å². The first-order valence-corrected chi connectivity index (χ1v) is 7.17. The van der Waals surface area contributed by atoms with Gasteiger partial charge in [-0.2, -0.15) is 0 Å². The van der Waals surface area contributed by atoms with Gasteiger partial charge in [-0.1, -0.05) is 0 Å². The fraction of sp³-hybridized carbons (Fsp3) is 0.500. The first-order chi connectivity index (χ1) is 8.23. The van der Waals surface area contributed by atoms with Crippen LogP contribution in [0, 0.1) is 0 Å². The number of carbonyl (C=O) groups excluding carboxylic acids is 1. The van der Waals surface area contributed by atoms with E-state index in [1.54, 1.807) is 4.90 Å². The molecule has 0 aromatic carbocycles. The average Bonchev–Trinajstić information content (AvgIpc) is 2.61. The lowest BCUT2D eigenvalue weighted by Crippen LogP contribution is -2.46. The summed E-state index contributed by atoms with van der Waals surface area (Å²) in [6.07, 6.45) is -0.0496. The summed E-state index contributed by atoms with van der Waals surface area (Å²) in [5.41, 5.74) is -0.407. The van der Waals surface area contributed by atoms with Crippen LogP contribution in [0.1, 0.15) is 36.9 Å². The highest BCUT2D eigenvalue weighted by Crippen LogP contribution is 2.27. The molecule has 1 aromatic heterocycles. The van der Waals surface area contributed by atoms with Crippen LogP contribution < -0.4 is 0 Å². The molecule has 100 valence electrons. The molecule has 0 aliphatic rings. The van der Waals surface area contributed by atoms with Crippen molar-refractivity contribution in [1.82, 2.24) is 4.90 Å². The van der Waals surface area contributed by atoms with Gasteiger partial charge in [0.05, 0.1) is 6.42 Å². The lowest BCUT2D eigenvalue weighted by molar-refractivity contribution is -0.137. The predicted molar refractivity (Wildman–Crippen MR) is 75.1 cm³/mol. The standard InChI is InChI=1S/C12H16BrNO3S/c1-12(2,3)14(6-4-9(15)16)11(17)10-8(13)5-7-18-10/h5,7H,4,6H2,1-3H3,(H,15,16). The van der Waals surface area contributed by atoms with E-state index in [9.17, 15) is 9.59 Å². The van der Waals surface area contributed by atoms with Crippen LogP contribution in [-0.2, 0) is 4.79 Å². The van der Waals surface area contributed by atoms with Crippen LogP contribution in [0.3, 0.4) is 0 Å². The Hall–Kier alpha value is -0.880. The summed E-state index contributed by atoms with van der Waals surface area (Å²) in [7, 11) is 0. The van der Waals surface area contributed by atoms with Gasteiger partial charge in [-0.05, 0) is 48.1 Å². The number of amides is 1. The number of carbonyl (C=O) groups is 2. The molecule has 0 bridgehead atoms. The molecule has 1 heterocycles. The van der Waals surface area contributed by atoms with E-state index in [1.807, 2.05) is 32.2 Å². The van der Waals surface area contributed by atoms with E-state index in [0.29, 0.717) is 4.88 Å². The van der Waals surface area contributed by atoms with Crippen LogP contribution in [0.4, 0.5) is 0 Å². The number of thiophene rings is 1. The predicted octanol–water partition coefficient (Wildman–Crippen LogP) is 3.23. The molecule has 0 spiro atoms. The number of aliphatic carboxylic acids is 1. The van der Waals surface area contributed by atoms with Crippen LogP contribution in [-0.4, -0.2) is 34.0 Å². The Labute approximate surface area is 119 Å². The molecular formula is C12H16BrNO3S. The van der Waals surface area contributed by atoms with Crippen molar-refractivity contribution in [2.24, 2.45) is 0 Å². The summed E-state index contributed by atoms with van der Waals surface area (Å²) in [5.74, 6) is -1.03. The van der Waals surface area contributed by atoms with Crippen LogP contribution in [0.25, 0.3) is 0 Å². The summed E-state index contributed by atoms with van der Waals surface area (Å²) in [4.78, 5) is 25.3. The molecule has 0 fully saturated rings. The normalized spacial score (nSPS) is 11.3. The van der Waals surface area contributed by atoms with E-state index in [4.69, 9.17) is 5.11 Å². The van der Waals surface area contributed by atoms with E-state index in [0.717, 1.165) is 4.47 Å². The largest absolute Gasteiger partial charge is 0.481 e. The van der Waals surface area contributed by atoms with Crippen LogP contribution >= 0.6 is 27.3 Å². The zero-order valence-electron chi connectivity index (χ0n) is 10.6. The quantitative estimate of drug-likeness (QED) is 0.920. The van der Waals surface area contributed by atoms with Gasteiger partial charge in [0.15, 0.2) is 0 Å². The minimum Gasteiger partial charge on any atom is -0.481 e. The Morgan fingerprint density at radius 2 is 2.06 bits per heavy atom. The van der Waals surface area contributed by atoms with Crippen molar-refractivity contribution < 1.29 is 14.7 Å². The highest BCUT2D eigenvalue weighted by molar-refractivity contribution is 9.10. The van der Waals surface area contributed by atoms with E-state index in [1.165, 1.54) is 11.3 Å². The molecule has 1 amide bonds. The first-order valence-electron chi connectivity index (χ1n) is 5.50.